The Morgan fingerprint density at radius 3 is 2.77 bits per heavy atom. The fourth-order valence-corrected chi connectivity index (χ4v) is 3.30. The highest BCUT2D eigenvalue weighted by molar-refractivity contribution is 5.36. The molecule has 0 amide bonds. The van der Waals surface area contributed by atoms with Gasteiger partial charge in [-0.25, -0.2) is 9.97 Å². The molecule has 9 nitrogen and oxygen atoms in total. The number of aryl methyl sites for hydroxylation is 2. The molecule has 26 heavy (non-hydrogen) atoms. The lowest BCUT2D eigenvalue weighted by Crippen LogP contribution is -2.39. The maximum Gasteiger partial charge on any atom is 0.295 e. The van der Waals surface area contributed by atoms with Crippen molar-refractivity contribution in [3.8, 4) is 0 Å². The standard InChI is InChI=1S/C17H22N8O/c1-12-9-14(19-11-18-12)20-13-3-5-24(6-4-13)10-15-21-22-16-17(26)23(2)7-8-25(15)16/h7-9,11,13H,3-6,10H2,1-2H3,(H,18,19,20). The van der Waals surface area contributed by atoms with E-state index < -0.39 is 0 Å². The Morgan fingerprint density at radius 1 is 1.19 bits per heavy atom. The lowest BCUT2D eigenvalue weighted by molar-refractivity contribution is 0.206. The van der Waals surface area contributed by atoms with Crippen molar-refractivity contribution < 1.29 is 0 Å². The summed E-state index contributed by atoms with van der Waals surface area (Å²) in [7, 11) is 1.72. The Hall–Kier alpha value is -2.81. The molecule has 0 unspecified atom stereocenters. The van der Waals surface area contributed by atoms with Gasteiger partial charge in [0.15, 0.2) is 5.82 Å². The van der Waals surface area contributed by atoms with Crippen LogP contribution in [-0.4, -0.2) is 53.2 Å². The number of hydrogen-bond donors (Lipinski definition) is 1. The number of anilines is 1. The Balaban J connectivity index is 1.38. The molecule has 0 bridgehead atoms. The molecule has 1 fully saturated rings. The number of hydrogen-bond acceptors (Lipinski definition) is 7. The van der Waals surface area contributed by atoms with Crippen molar-refractivity contribution in [2.45, 2.75) is 32.4 Å². The van der Waals surface area contributed by atoms with Crippen LogP contribution in [0.25, 0.3) is 5.65 Å². The summed E-state index contributed by atoms with van der Waals surface area (Å²) in [5, 5.41) is 11.8. The molecule has 4 rings (SSSR count). The van der Waals surface area contributed by atoms with Crippen LogP contribution in [0.5, 0.6) is 0 Å². The summed E-state index contributed by atoms with van der Waals surface area (Å²) in [4.78, 5) is 22.8. The van der Waals surface area contributed by atoms with Gasteiger partial charge in [0.1, 0.15) is 12.1 Å². The molecule has 0 spiro atoms. The normalized spacial score (nSPS) is 16.2. The van der Waals surface area contributed by atoms with Crippen molar-refractivity contribution in [3.63, 3.8) is 0 Å². The molecule has 0 atom stereocenters. The van der Waals surface area contributed by atoms with Crippen molar-refractivity contribution >= 4 is 11.5 Å². The first kappa shape index (κ1) is 16.6. The molecule has 9 heteroatoms. The molecular formula is C17H22N8O. The first-order valence-corrected chi connectivity index (χ1v) is 8.77. The quantitative estimate of drug-likeness (QED) is 0.733. The van der Waals surface area contributed by atoms with E-state index in [0.29, 0.717) is 18.2 Å². The van der Waals surface area contributed by atoms with Gasteiger partial charge in [0.05, 0.1) is 6.54 Å². The van der Waals surface area contributed by atoms with E-state index in [1.54, 1.807) is 24.0 Å². The van der Waals surface area contributed by atoms with E-state index in [0.717, 1.165) is 43.3 Å². The minimum atomic E-state index is -0.130. The van der Waals surface area contributed by atoms with Gasteiger partial charge < -0.3 is 9.88 Å². The highest BCUT2D eigenvalue weighted by Gasteiger charge is 2.21. The Labute approximate surface area is 150 Å². The van der Waals surface area contributed by atoms with Crippen LogP contribution in [0.4, 0.5) is 5.82 Å². The van der Waals surface area contributed by atoms with Gasteiger partial charge in [-0.05, 0) is 19.8 Å². The number of likely N-dealkylation sites (tertiary alicyclic amines) is 1. The SMILES string of the molecule is Cc1cc(NC2CCN(Cc3nnc4c(=O)n(C)ccn34)CC2)ncn1. The first-order chi connectivity index (χ1) is 12.6. The van der Waals surface area contributed by atoms with Crippen molar-refractivity contribution in [2.75, 3.05) is 18.4 Å². The van der Waals surface area contributed by atoms with Crippen molar-refractivity contribution in [1.29, 1.82) is 0 Å². The van der Waals surface area contributed by atoms with Gasteiger partial charge in [-0.15, -0.1) is 10.2 Å². The number of rotatable bonds is 4. The van der Waals surface area contributed by atoms with Gasteiger partial charge in [0.25, 0.3) is 5.56 Å². The van der Waals surface area contributed by atoms with E-state index in [1.165, 1.54) is 4.57 Å². The maximum absolute atomic E-state index is 12.1. The zero-order chi connectivity index (χ0) is 18.1. The van der Waals surface area contributed by atoms with E-state index in [4.69, 9.17) is 0 Å². The van der Waals surface area contributed by atoms with Gasteiger partial charge in [-0.1, -0.05) is 0 Å². The average molecular weight is 354 g/mol. The molecule has 0 saturated carbocycles. The third kappa shape index (κ3) is 3.30. The molecular weight excluding hydrogens is 332 g/mol. The van der Waals surface area contributed by atoms with Crippen LogP contribution in [0.2, 0.25) is 0 Å². The predicted molar refractivity (Wildman–Crippen MR) is 96.9 cm³/mol. The summed E-state index contributed by atoms with van der Waals surface area (Å²) in [5.41, 5.74) is 1.21. The molecule has 0 aliphatic carbocycles. The summed E-state index contributed by atoms with van der Waals surface area (Å²) in [6.45, 7) is 4.57. The maximum atomic E-state index is 12.1. The van der Waals surface area contributed by atoms with Gasteiger partial charge >= 0.3 is 0 Å². The first-order valence-electron chi connectivity index (χ1n) is 8.77. The largest absolute Gasteiger partial charge is 0.367 e. The van der Waals surface area contributed by atoms with Crippen molar-refractivity contribution in [1.82, 2.24) is 34.0 Å². The summed E-state index contributed by atoms with van der Waals surface area (Å²) < 4.78 is 3.30. The highest BCUT2D eigenvalue weighted by atomic mass is 16.1. The monoisotopic (exact) mass is 354 g/mol. The van der Waals surface area contributed by atoms with Crippen LogP contribution in [0.15, 0.2) is 29.6 Å². The summed E-state index contributed by atoms with van der Waals surface area (Å²) in [6, 6.07) is 2.37. The lowest BCUT2D eigenvalue weighted by Gasteiger charge is -2.32. The van der Waals surface area contributed by atoms with E-state index in [2.05, 4.69) is 30.4 Å². The molecule has 0 aromatic carbocycles. The molecule has 1 aliphatic rings. The molecule has 0 radical (unpaired) electrons. The second-order valence-corrected chi connectivity index (χ2v) is 6.76. The predicted octanol–water partition coefficient (Wildman–Crippen LogP) is 0.603. The van der Waals surface area contributed by atoms with Gasteiger partial charge in [0, 0.05) is 50.3 Å². The number of aromatic nitrogens is 6. The van der Waals surface area contributed by atoms with Crippen molar-refractivity contribution in [3.05, 3.63) is 46.7 Å². The second-order valence-electron chi connectivity index (χ2n) is 6.76. The fourth-order valence-electron chi connectivity index (χ4n) is 3.30. The summed E-state index contributed by atoms with van der Waals surface area (Å²) >= 11 is 0. The third-order valence-corrected chi connectivity index (χ3v) is 4.83. The van der Waals surface area contributed by atoms with Crippen LogP contribution in [0, 0.1) is 6.92 Å². The molecule has 3 aromatic heterocycles. The molecule has 3 aromatic rings. The number of nitrogens with one attached hydrogen (secondary N) is 1. The van der Waals surface area contributed by atoms with Crippen LogP contribution < -0.4 is 10.9 Å². The number of piperidine rings is 1. The molecule has 4 heterocycles. The van der Waals surface area contributed by atoms with Gasteiger partial charge in [0.2, 0.25) is 5.65 Å². The fraction of sp³-hybridized carbons (Fsp3) is 0.471. The smallest absolute Gasteiger partial charge is 0.295 e. The molecule has 1 saturated heterocycles. The average Bonchev–Trinajstić information content (AvgIpc) is 3.03. The van der Waals surface area contributed by atoms with E-state index in [9.17, 15) is 4.79 Å². The van der Waals surface area contributed by atoms with E-state index in [1.807, 2.05) is 19.2 Å². The lowest BCUT2D eigenvalue weighted by atomic mass is 10.1. The van der Waals surface area contributed by atoms with Gasteiger partial charge in [-0.3, -0.25) is 14.1 Å². The summed E-state index contributed by atoms with van der Waals surface area (Å²) in [6.07, 6.45) is 7.23. The zero-order valence-corrected chi connectivity index (χ0v) is 15.0. The third-order valence-electron chi connectivity index (χ3n) is 4.83. The topological polar surface area (TPSA) is 93.2 Å². The second kappa shape index (κ2) is 6.83. The molecule has 136 valence electrons. The van der Waals surface area contributed by atoms with E-state index in [-0.39, 0.29) is 5.56 Å². The Kier molecular flexibility index (Phi) is 4.37. The summed E-state index contributed by atoms with van der Waals surface area (Å²) in [5.74, 6) is 1.69. The van der Waals surface area contributed by atoms with Crippen LogP contribution in [0.3, 0.4) is 0 Å². The minimum Gasteiger partial charge on any atom is -0.367 e. The Bertz CT molecular complexity index is 970. The van der Waals surface area contributed by atoms with Crippen LogP contribution >= 0.6 is 0 Å². The number of fused-ring (bicyclic) bond motifs is 1. The Morgan fingerprint density at radius 2 is 2.00 bits per heavy atom. The minimum absolute atomic E-state index is 0.130. The molecule has 1 aliphatic heterocycles. The van der Waals surface area contributed by atoms with Crippen LogP contribution in [-0.2, 0) is 13.6 Å². The highest BCUT2D eigenvalue weighted by Crippen LogP contribution is 2.17. The van der Waals surface area contributed by atoms with Crippen molar-refractivity contribution in [2.24, 2.45) is 7.05 Å². The van der Waals surface area contributed by atoms with E-state index >= 15 is 0 Å². The van der Waals surface area contributed by atoms with Gasteiger partial charge in [-0.2, -0.15) is 0 Å². The number of nitrogens with zero attached hydrogens (tertiary/aromatic N) is 7. The zero-order valence-electron chi connectivity index (χ0n) is 15.0. The van der Waals surface area contributed by atoms with Crippen LogP contribution in [0.1, 0.15) is 24.4 Å². The molecule has 1 N–H and O–H groups in total.